The van der Waals surface area contributed by atoms with Crippen molar-refractivity contribution in [3.05, 3.63) is 57.9 Å². The lowest BCUT2D eigenvalue weighted by molar-refractivity contribution is 0.0998. The predicted octanol–water partition coefficient (Wildman–Crippen LogP) is 5.60. The van der Waals surface area contributed by atoms with E-state index in [4.69, 9.17) is 4.74 Å². The number of rotatable bonds is 8. The number of ether oxygens (including phenoxy) is 1. The average Bonchev–Trinajstić information content (AvgIpc) is 3.04. The highest BCUT2D eigenvalue weighted by atomic mass is 32.2. The van der Waals surface area contributed by atoms with E-state index in [1.807, 2.05) is 12.1 Å². The molecule has 0 saturated heterocycles. The third kappa shape index (κ3) is 5.31. The molecule has 0 aliphatic heterocycles. The minimum atomic E-state index is -0.219. The van der Waals surface area contributed by atoms with Gasteiger partial charge in [-0.2, -0.15) is 16.8 Å². The van der Waals surface area contributed by atoms with E-state index in [1.165, 1.54) is 15.8 Å². The van der Waals surface area contributed by atoms with Crippen molar-refractivity contribution in [3.8, 4) is 5.75 Å². The first-order chi connectivity index (χ1) is 14.0. The number of unbranched alkanes of at least 4 members (excludes halogenated alkanes) is 1. The molecule has 0 radical (unpaired) electrons. The first-order valence-corrected chi connectivity index (χ1v) is 12.2. The van der Waals surface area contributed by atoms with Crippen molar-refractivity contribution in [3.63, 3.8) is 0 Å². The van der Waals surface area contributed by atoms with Gasteiger partial charge in [-0.1, -0.05) is 30.7 Å². The van der Waals surface area contributed by atoms with E-state index in [2.05, 4.69) is 48.7 Å². The molecule has 0 aliphatic carbocycles. The van der Waals surface area contributed by atoms with Gasteiger partial charge in [0, 0.05) is 17.9 Å². The summed E-state index contributed by atoms with van der Waals surface area (Å²) in [5, 5.41) is 0. The molecule has 0 N–H and O–H groups in total. The molecule has 0 bridgehead atoms. The fraction of sp³-hybridized carbons (Fsp3) is 0.391. The van der Waals surface area contributed by atoms with E-state index in [9.17, 15) is 4.79 Å². The fourth-order valence-corrected chi connectivity index (χ4v) is 4.65. The van der Waals surface area contributed by atoms with Gasteiger partial charge in [0.05, 0.1) is 16.8 Å². The van der Waals surface area contributed by atoms with E-state index in [0.717, 1.165) is 41.2 Å². The Balaban J connectivity index is 1.94. The summed E-state index contributed by atoms with van der Waals surface area (Å²) < 4.78 is 9.06. The number of thioether (sulfide) groups is 1. The topological polar surface area (TPSA) is 43.6 Å². The van der Waals surface area contributed by atoms with Crippen molar-refractivity contribution in [1.82, 2.24) is 4.57 Å². The quantitative estimate of drug-likeness (QED) is 0.439. The summed E-state index contributed by atoms with van der Waals surface area (Å²) >= 11 is 3.38. The maximum Gasteiger partial charge on any atom is 0.279 e. The minimum absolute atomic E-state index is 0.219. The van der Waals surface area contributed by atoms with Gasteiger partial charge >= 0.3 is 0 Å². The van der Waals surface area contributed by atoms with Crippen LogP contribution in [0.2, 0.25) is 0 Å². The number of carbonyl (C=O) groups excluding carboxylic acids is 1. The lowest BCUT2D eigenvalue weighted by Gasteiger charge is -2.06. The second-order valence-corrected chi connectivity index (χ2v) is 9.07. The Morgan fingerprint density at radius 1 is 1.21 bits per heavy atom. The molecule has 1 heterocycles. The van der Waals surface area contributed by atoms with Gasteiger partial charge in [-0.05, 0) is 68.0 Å². The maximum absolute atomic E-state index is 12.8. The zero-order valence-corrected chi connectivity index (χ0v) is 19.2. The van der Waals surface area contributed by atoms with E-state index in [0.29, 0.717) is 12.2 Å². The van der Waals surface area contributed by atoms with E-state index in [-0.39, 0.29) is 5.91 Å². The molecule has 4 nitrogen and oxygen atoms in total. The standard InChI is InChI=1S/C23H28N2O2S2/c1-5-6-12-27-19-9-7-18(8-10-19)22(26)24-23-25(11-13-28-4)20-15-16(2)14-17(3)21(20)29-23/h7-10,14-15H,5-6,11-13H2,1-4H3. The van der Waals surface area contributed by atoms with Crippen LogP contribution in [-0.2, 0) is 6.54 Å². The summed E-state index contributed by atoms with van der Waals surface area (Å²) in [6.07, 6.45) is 4.22. The van der Waals surface area contributed by atoms with Crippen molar-refractivity contribution in [2.75, 3.05) is 18.6 Å². The smallest absolute Gasteiger partial charge is 0.279 e. The summed E-state index contributed by atoms with van der Waals surface area (Å²) in [6, 6.07) is 11.6. The number of hydrogen-bond donors (Lipinski definition) is 0. The molecule has 0 fully saturated rings. The number of nitrogens with zero attached hydrogens (tertiary/aromatic N) is 2. The van der Waals surface area contributed by atoms with E-state index >= 15 is 0 Å². The van der Waals surface area contributed by atoms with Crippen LogP contribution >= 0.6 is 23.1 Å². The molecule has 3 aromatic rings. The monoisotopic (exact) mass is 428 g/mol. The van der Waals surface area contributed by atoms with Gasteiger partial charge in [-0.3, -0.25) is 4.79 Å². The largest absolute Gasteiger partial charge is 0.494 e. The fourth-order valence-electron chi connectivity index (χ4n) is 3.18. The highest BCUT2D eigenvalue weighted by Gasteiger charge is 2.11. The molecule has 1 aromatic heterocycles. The first kappa shape index (κ1) is 21.7. The van der Waals surface area contributed by atoms with Gasteiger partial charge in [-0.25, -0.2) is 0 Å². The highest BCUT2D eigenvalue weighted by molar-refractivity contribution is 7.98. The van der Waals surface area contributed by atoms with Crippen LogP contribution in [0.1, 0.15) is 41.3 Å². The summed E-state index contributed by atoms with van der Waals surface area (Å²) in [5.41, 5.74) is 4.19. The van der Waals surface area contributed by atoms with Gasteiger partial charge < -0.3 is 9.30 Å². The Morgan fingerprint density at radius 2 is 1.97 bits per heavy atom. The Labute approximate surface area is 180 Å². The molecule has 0 aliphatic rings. The van der Waals surface area contributed by atoms with Crippen LogP contribution in [-0.4, -0.2) is 29.1 Å². The van der Waals surface area contributed by atoms with E-state index in [1.54, 1.807) is 35.2 Å². The molecular formula is C23H28N2O2S2. The molecule has 0 saturated carbocycles. The number of fused-ring (bicyclic) bond motifs is 1. The minimum Gasteiger partial charge on any atom is -0.494 e. The van der Waals surface area contributed by atoms with E-state index < -0.39 is 0 Å². The van der Waals surface area contributed by atoms with Gasteiger partial charge in [0.2, 0.25) is 0 Å². The Kier molecular flexibility index (Phi) is 7.56. The number of benzene rings is 2. The van der Waals surface area contributed by atoms with Crippen LogP contribution in [0.5, 0.6) is 5.75 Å². The first-order valence-electron chi connectivity index (χ1n) is 9.95. The molecule has 2 aromatic carbocycles. The predicted molar refractivity (Wildman–Crippen MR) is 124 cm³/mol. The van der Waals surface area contributed by atoms with Crippen LogP contribution in [0.4, 0.5) is 0 Å². The molecular weight excluding hydrogens is 400 g/mol. The Hall–Kier alpha value is -2.05. The molecule has 0 spiro atoms. The summed E-state index contributed by atoms with van der Waals surface area (Å²) in [7, 11) is 0. The zero-order valence-electron chi connectivity index (χ0n) is 17.5. The zero-order chi connectivity index (χ0) is 20.8. The van der Waals surface area contributed by atoms with Gasteiger partial charge in [0.1, 0.15) is 5.75 Å². The number of hydrogen-bond acceptors (Lipinski definition) is 4. The van der Waals surface area contributed by atoms with Crippen molar-refractivity contribution >= 4 is 39.2 Å². The lowest BCUT2D eigenvalue weighted by Crippen LogP contribution is -2.18. The molecule has 29 heavy (non-hydrogen) atoms. The number of aryl methyl sites for hydroxylation is 3. The van der Waals surface area contributed by atoms with Crippen molar-refractivity contribution in [2.45, 2.75) is 40.2 Å². The summed E-state index contributed by atoms with van der Waals surface area (Å²) in [5.74, 6) is 1.55. The molecule has 154 valence electrons. The van der Waals surface area contributed by atoms with Crippen LogP contribution in [0, 0.1) is 13.8 Å². The second kappa shape index (κ2) is 10.1. The second-order valence-electron chi connectivity index (χ2n) is 7.10. The maximum atomic E-state index is 12.8. The number of amides is 1. The summed E-state index contributed by atoms with van der Waals surface area (Å²) in [4.78, 5) is 18.1. The highest BCUT2D eigenvalue weighted by Crippen LogP contribution is 2.24. The molecule has 0 unspecified atom stereocenters. The van der Waals surface area contributed by atoms with Gasteiger partial charge in [0.25, 0.3) is 5.91 Å². The average molecular weight is 429 g/mol. The molecule has 6 heteroatoms. The van der Waals surface area contributed by atoms with Crippen LogP contribution in [0.3, 0.4) is 0 Å². The van der Waals surface area contributed by atoms with Crippen molar-refractivity contribution in [2.24, 2.45) is 4.99 Å². The third-order valence-electron chi connectivity index (χ3n) is 4.70. The van der Waals surface area contributed by atoms with Gasteiger partial charge in [-0.15, -0.1) is 0 Å². The number of thiazole rings is 1. The Morgan fingerprint density at radius 3 is 2.66 bits per heavy atom. The van der Waals surface area contributed by atoms with Crippen molar-refractivity contribution in [1.29, 1.82) is 0 Å². The van der Waals surface area contributed by atoms with Crippen LogP contribution < -0.4 is 9.54 Å². The van der Waals surface area contributed by atoms with Gasteiger partial charge in [0.15, 0.2) is 4.80 Å². The molecule has 1 amide bonds. The number of carbonyl (C=O) groups is 1. The number of aromatic nitrogens is 1. The van der Waals surface area contributed by atoms with Crippen molar-refractivity contribution < 1.29 is 9.53 Å². The molecule has 3 rings (SSSR count). The van der Waals surface area contributed by atoms with Crippen LogP contribution in [0.15, 0.2) is 41.4 Å². The lowest BCUT2D eigenvalue weighted by atomic mass is 10.1. The van der Waals surface area contributed by atoms with Crippen LogP contribution in [0.25, 0.3) is 10.2 Å². The summed E-state index contributed by atoms with van der Waals surface area (Å²) in [6.45, 7) is 7.89. The normalized spacial score (nSPS) is 11.9. The third-order valence-corrected chi connectivity index (χ3v) is 6.52. The molecule has 0 atom stereocenters. The Bertz CT molecular complexity index is 1050. The SMILES string of the molecule is CCCCOc1ccc(C(=O)N=c2sc3c(C)cc(C)cc3n2CCSC)cc1.